The fraction of sp³-hybridized carbons (Fsp3) is 0.164. The highest BCUT2D eigenvalue weighted by molar-refractivity contribution is 5.99. The Labute approximate surface area is 330 Å². The number of fused-ring (bicyclic) bond motifs is 6. The van der Waals surface area contributed by atoms with Crippen LogP contribution in [0.4, 0.5) is 17.1 Å². The lowest BCUT2D eigenvalue weighted by molar-refractivity contribution is 0.420. The maximum absolute atomic E-state index is 2.54. The van der Waals surface area contributed by atoms with Crippen LogP contribution in [0.1, 0.15) is 65.0 Å². The van der Waals surface area contributed by atoms with Crippen LogP contribution < -0.4 is 4.90 Å². The first kappa shape index (κ1) is 33.2. The second kappa shape index (κ2) is 13.2. The minimum Gasteiger partial charge on any atom is -0.310 e. The highest BCUT2D eigenvalue weighted by atomic mass is 15.1. The van der Waals surface area contributed by atoms with E-state index in [4.69, 9.17) is 0 Å². The van der Waals surface area contributed by atoms with Crippen molar-refractivity contribution in [1.29, 1.82) is 0 Å². The Morgan fingerprint density at radius 1 is 0.500 bits per heavy atom. The van der Waals surface area contributed by atoms with E-state index >= 15 is 0 Å². The van der Waals surface area contributed by atoms with E-state index in [1.165, 1.54) is 103 Å². The van der Waals surface area contributed by atoms with Gasteiger partial charge in [-0.2, -0.15) is 0 Å². The van der Waals surface area contributed by atoms with Crippen molar-refractivity contribution in [2.45, 2.75) is 43.9 Å². The number of aryl methyl sites for hydroxylation is 1. The molecule has 3 aliphatic carbocycles. The molecule has 0 aromatic heterocycles. The number of hydrogen-bond donors (Lipinski definition) is 0. The van der Waals surface area contributed by atoms with Gasteiger partial charge in [0.2, 0.25) is 0 Å². The molecular weight excluding hydrogens is 675 g/mol. The smallest absolute Gasteiger partial charge is 0.0714 e. The lowest BCUT2D eigenvalue weighted by Gasteiger charge is -2.35. The van der Waals surface area contributed by atoms with Gasteiger partial charge in [0.15, 0.2) is 0 Å². The number of hydrogen-bond acceptors (Lipinski definition) is 1. The first-order valence-electron chi connectivity index (χ1n) is 20.5. The van der Waals surface area contributed by atoms with Crippen LogP contribution in [0.3, 0.4) is 0 Å². The monoisotopic (exact) mass is 719 g/mol. The molecule has 3 atom stereocenters. The van der Waals surface area contributed by atoms with E-state index in [2.05, 4.69) is 200 Å². The maximum Gasteiger partial charge on any atom is 0.0714 e. The molecule has 0 spiro atoms. The van der Waals surface area contributed by atoms with E-state index in [-0.39, 0.29) is 0 Å². The highest BCUT2D eigenvalue weighted by Crippen LogP contribution is 2.59. The van der Waals surface area contributed by atoms with Gasteiger partial charge in [0.25, 0.3) is 0 Å². The minimum absolute atomic E-state index is 0.488. The van der Waals surface area contributed by atoms with Crippen LogP contribution in [0.5, 0.6) is 0 Å². The second-order valence-electron chi connectivity index (χ2n) is 16.5. The molecular formula is C55H45N. The molecule has 2 saturated carbocycles. The Hall–Kier alpha value is -6.18. The van der Waals surface area contributed by atoms with Crippen molar-refractivity contribution < 1.29 is 0 Å². The summed E-state index contributed by atoms with van der Waals surface area (Å²) in [5.41, 5.74) is 16.2. The number of nitrogens with zero attached hydrogens (tertiary/aromatic N) is 1. The van der Waals surface area contributed by atoms with Crippen LogP contribution in [0.2, 0.25) is 0 Å². The summed E-state index contributed by atoms with van der Waals surface area (Å²) >= 11 is 0. The number of anilines is 3. The minimum atomic E-state index is -0.488. The van der Waals surface area contributed by atoms with Gasteiger partial charge >= 0.3 is 0 Å². The lowest BCUT2D eigenvalue weighted by Crippen LogP contribution is -2.28. The van der Waals surface area contributed by atoms with Gasteiger partial charge < -0.3 is 4.90 Å². The molecule has 8 aromatic rings. The first-order valence-corrected chi connectivity index (χ1v) is 20.5. The Morgan fingerprint density at radius 3 is 1.80 bits per heavy atom. The second-order valence-corrected chi connectivity index (χ2v) is 16.5. The first-order chi connectivity index (χ1) is 27.7. The third-order valence-corrected chi connectivity index (χ3v) is 13.5. The fourth-order valence-corrected chi connectivity index (χ4v) is 11.1. The molecule has 1 nitrogen and oxygen atoms in total. The predicted molar refractivity (Wildman–Crippen MR) is 234 cm³/mol. The molecule has 0 radical (unpaired) electrons. The quantitative estimate of drug-likeness (QED) is 0.159. The van der Waals surface area contributed by atoms with Crippen LogP contribution in [0.15, 0.2) is 188 Å². The van der Waals surface area contributed by atoms with Gasteiger partial charge in [0.1, 0.15) is 0 Å². The topological polar surface area (TPSA) is 3.24 Å². The molecule has 3 unspecified atom stereocenters. The molecule has 0 heterocycles. The van der Waals surface area contributed by atoms with Gasteiger partial charge in [0, 0.05) is 16.9 Å². The van der Waals surface area contributed by atoms with Crippen molar-refractivity contribution in [3.05, 3.63) is 221 Å². The highest BCUT2D eigenvalue weighted by Gasteiger charge is 2.47. The SMILES string of the molecule is Cc1cccc2c1-c1ccc(N(c3ccc(C4CC5CCC4C5)cc3)c3cc4ccccc4cc3-c3ccccc3)cc1C2(c1ccccc1)c1ccccc1. The largest absolute Gasteiger partial charge is 0.310 e. The number of benzene rings is 8. The predicted octanol–water partition coefficient (Wildman–Crippen LogP) is 14.6. The molecule has 3 aliphatic rings. The molecule has 2 bridgehead atoms. The van der Waals surface area contributed by atoms with Crippen molar-refractivity contribution in [2.24, 2.45) is 11.8 Å². The van der Waals surface area contributed by atoms with E-state index in [0.29, 0.717) is 5.92 Å². The molecule has 8 aromatic carbocycles. The lowest BCUT2D eigenvalue weighted by atomic mass is 9.67. The van der Waals surface area contributed by atoms with Gasteiger partial charge in [-0.05, 0) is 141 Å². The van der Waals surface area contributed by atoms with Crippen molar-refractivity contribution in [3.63, 3.8) is 0 Å². The molecule has 56 heavy (non-hydrogen) atoms. The van der Waals surface area contributed by atoms with Crippen molar-refractivity contribution in [3.8, 4) is 22.3 Å². The van der Waals surface area contributed by atoms with Gasteiger partial charge in [0.05, 0.1) is 11.1 Å². The molecule has 0 amide bonds. The summed E-state index contributed by atoms with van der Waals surface area (Å²) in [4.78, 5) is 2.54. The molecule has 11 rings (SSSR count). The van der Waals surface area contributed by atoms with Gasteiger partial charge in [-0.1, -0.05) is 158 Å². The van der Waals surface area contributed by atoms with E-state index < -0.39 is 5.41 Å². The summed E-state index contributed by atoms with van der Waals surface area (Å²) in [6.07, 6.45) is 5.58. The van der Waals surface area contributed by atoms with Crippen molar-refractivity contribution in [2.75, 3.05) is 4.90 Å². The Balaban J connectivity index is 1.18. The van der Waals surface area contributed by atoms with E-state index in [1.54, 1.807) is 0 Å². The molecule has 0 aliphatic heterocycles. The van der Waals surface area contributed by atoms with Crippen LogP contribution in [-0.2, 0) is 5.41 Å². The van der Waals surface area contributed by atoms with Crippen LogP contribution >= 0.6 is 0 Å². The number of rotatable bonds is 7. The molecule has 0 saturated heterocycles. The molecule has 1 heteroatoms. The maximum atomic E-state index is 2.54. The normalized spacial score (nSPS) is 18.8. The Kier molecular flexibility index (Phi) is 7.85. The Morgan fingerprint density at radius 2 is 1.14 bits per heavy atom. The summed E-state index contributed by atoms with van der Waals surface area (Å²) in [5, 5.41) is 2.48. The fourth-order valence-electron chi connectivity index (χ4n) is 11.1. The standard InChI is InChI=1S/C55H45N/c1-37-14-13-23-51-54(37)48-31-30-47(36-52(48)55(51,44-19-7-3-8-20-44)45-21-9-4-10-22-45)56(46-28-26-40(27-29-46)49-33-38-24-25-43(49)32-38)53-35-42-18-12-11-17-41(42)34-50(53)39-15-5-2-6-16-39/h2-23,26-31,34-36,38,43,49H,24-25,32-33H2,1H3. The van der Waals surface area contributed by atoms with E-state index in [9.17, 15) is 0 Å². The van der Waals surface area contributed by atoms with Crippen molar-refractivity contribution >= 4 is 27.8 Å². The Bertz CT molecular complexity index is 2670. The summed E-state index contributed by atoms with van der Waals surface area (Å²) in [6, 6.07) is 70.8. The van der Waals surface area contributed by atoms with Crippen molar-refractivity contribution in [1.82, 2.24) is 0 Å². The summed E-state index contributed by atoms with van der Waals surface area (Å²) in [7, 11) is 0. The zero-order chi connectivity index (χ0) is 37.2. The molecule has 0 N–H and O–H groups in total. The zero-order valence-corrected chi connectivity index (χ0v) is 31.9. The molecule has 270 valence electrons. The molecule has 2 fully saturated rings. The van der Waals surface area contributed by atoms with Crippen LogP contribution in [0, 0.1) is 18.8 Å². The summed E-state index contributed by atoms with van der Waals surface area (Å²) in [6.45, 7) is 2.27. The summed E-state index contributed by atoms with van der Waals surface area (Å²) in [5.74, 6) is 2.45. The van der Waals surface area contributed by atoms with Gasteiger partial charge in [-0.25, -0.2) is 0 Å². The van der Waals surface area contributed by atoms with Gasteiger partial charge in [-0.15, -0.1) is 0 Å². The average molecular weight is 720 g/mol. The van der Waals surface area contributed by atoms with Crippen LogP contribution in [-0.4, -0.2) is 0 Å². The third-order valence-electron chi connectivity index (χ3n) is 13.5. The average Bonchev–Trinajstić information content (AvgIpc) is 3.98. The van der Waals surface area contributed by atoms with Gasteiger partial charge in [-0.3, -0.25) is 0 Å². The zero-order valence-electron chi connectivity index (χ0n) is 31.9. The third kappa shape index (κ3) is 5.14. The summed E-state index contributed by atoms with van der Waals surface area (Å²) < 4.78 is 0. The van der Waals surface area contributed by atoms with E-state index in [0.717, 1.165) is 17.5 Å². The van der Waals surface area contributed by atoms with Crippen LogP contribution in [0.25, 0.3) is 33.0 Å². The van der Waals surface area contributed by atoms with E-state index in [1.807, 2.05) is 0 Å².